The molecule has 1 fully saturated rings. The first-order valence-corrected chi connectivity index (χ1v) is 9.54. The quantitative estimate of drug-likeness (QED) is 0.394. The Morgan fingerprint density at radius 1 is 1.03 bits per heavy atom. The molecule has 5 N–H and O–H groups in total. The summed E-state index contributed by atoms with van der Waals surface area (Å²) in [5, 5.41) is 51.3. The van der Waals surface area contributed by atoms with Gasteiger partial charge in [0.2, 0.25) is 0 Å². The molecule has 164 valence electrons. The zero-order valence-electron chi connectivity index (χ0n) is 16.3. The van der Waals surface area contributed by atoms with Crippen LogP contribution in [0.1, 0.15) is 25.5 Å². The van der Waals surface area contributed by atoms with Crippen molar-refractivity contribution in [3.63, 3.8) is 0 Å². The van der Waals surface area contributed by atoms with Crippen LogP contribution in [0, 0.1) is 0 Å². The van der Waals surface area contributed by atoms with Crippen LogP contribution >= 0.6 is 0 Å². The molecule has 30 heavy (non-hydrogen) atoms. The Bertz CT molecular complexity index is 983. The SMILES string of the molecule is CC1(C)Oc2ccc3ccc(=O)oc3c2[C@@H](O[C@@H]2O[C@H](CO)[C@@H](O)[C@H](O)[C@H]2O)[C@@H]1O. The number of hydrogen-bond donors (Lipinski definition) is 5. The Morgan fingerprint density at radius 2 is 1.73 bits per heavy atom. The van der Waals surface area contributed by atoms with Crippen molar-refractivity contribution in [3.05, 3.63) is 40.2 Å². The predicted octanol–water partition coefficient (Wildman–Crippen LogP) is -0.818. The Morgan fingerprint density at radius 3 is 2.43 bits per heavy atom. The minimum atomic E-state index is -1.66. The summed E-state index contributed by atoms with van der Waals surface area (Å²) in [6.07, 6.45) is -9.99. The van der Waals surface area contributed by atoms with Gasteiger partial charge >= 0.3 is 5.63 Å². The molecular formula is C20H24O10. The van der Waals surface area contributed by atoms with Crippen LogP contribution in [0.3, 0.4) is 0 Å². The summed E-state index contributed by atoms with van der Waals surface area (Å²) >= 11 is 0. The van der Waals surface area contributed by atoms with Gasteiger partial charge in [0.25, 0.3) is 0 Å². The van der Waals surface area contributed by atoms with Gasteiger partial charge in [0.05, 0.1) is 12.2 Å². The zero-order chi connectivity index (χ0) is 21.8. The largest absolute Gasteiger partial charge is 0.485 e. The third-order valence-corrected chi connectivity index (χ3v) is 5.57. The van der Waals surface area contributed by atoms with Gasteiger partial charge in [-0.2, -0.15) is 0 Å². The van der Waals surface area contributed by atoms with Crippen molar-refractivity contribution >= 4 is 11.0 Å². The van der Waals surface area contributed by atoms with Crippen molar-refractivity contribution in [1.29, 1.82) is 0 Å². The van der Waals surface area contributed by atoms with E-state index in [-0.39, 0.29) is 11.1 Å². The van der Waals surface area contributed by atoms with Crippen LogP contribution in [0.4, 0.5) is 0 Å². The molecule has 0 saturated carbocycles. The first-order chi connectivity index (χ1) is 14.1. The molecule has 0 amide bonds. The van der Waals surface area contributed by atoms with Gasteiger partial charge in [-0.15, -0.1) is 0 Å². The highest BCUT2D eigenvalue weighted by molar-refractivity contribution is 5.83. The molecule has 10 heteroatoms. The van der Waals surface area contributed by atoms with Crippen LogP contribution in [-0.2, 0) is 9.47 Å². The molecular weight excluding hydrogens is 400 g/mol. The summed E-state index contributed by atoms with van der Waals surface area (Å²) in [5.74, 6) is 0.307. The number of benzene rings is 1. The van der Waals surface area contributed by atoms with Gasteiger partial charge < -0.3 is 44.2 Å². The van der Waals surface area contributed by atoms with Crippen molar-refractivity contribution in [1.82, 2.24) is 0 Å². The molecule has 1 aromatic heterocycles. The Hall–Kier alpha value is -2.05. The molecule has 2 aromatic rings. The molecule has 0 spiro atoms. The van der Waals surface area contributed by atoms with Crippen molar-refractivity contribution in [2.24, 2.45) is 0 Å². The van der Waals surface area contributed by atoms with Crippen LogP contribution in [-0.4, -0.2) is 74.6 Å². The van der Waals surface area contributed by atoms with Crippen molar-refractivity contribution in [2.75, 3.05) is 6.61 Å². The molecule has 3 heterocycles. The van der Waals surface area contributed by atoms with E-state index in [0.717, 1.165) is 0 Å². The van der Waals surface area contributed by atoms with Gasteiger partial charge in [-0.3, -0.25) is 0 Å². The van der Waals surface area contributed by atoms with Gasteiger partial charge in [0, 0.05) is 11.5 Å². The fourth-order valence-electron chi connectivity index (χ4n) is 3.83. The summed E-state index contributed by atoms with van der Waals surface area (Å²) in [6, 6.07) is 6.15. The Balaban J connectivity index is 1.79. The second-order valence-electron chi connectivity index (χ2n) is 8.05. The van der Waals surface area contributed by atoms with E-state index in [1.807, 2.05) is 0 Å². The van der Waals surface area contributed by atoms with Gasteiger partial charge in [-0.05, 0) is 32.0 Å². The number of aliphatic hydroxyl groups excluding tert-OH is 5. The summed E-state index contributed by atoms with van der Waals surface area (Å²) < 4.78 is 22.5. The highest BCUT2D eigenvalue weighted by atomic mass is 16.7. The maximum atomic E-state index is 11.8. The first kappa shape index (κ1) is 21.2. The van der Waals surface area contributed by atoms with Gasteiger partial charge in [-0.25, -0.2) is 4.79 Å². The molecule has 2 aliphatic rings. The highest BCUT2D eigenvalue weighted by Gasteiger charge is 2.50. The average Bonchev–Trinajstić information content (AvgIpc) is 2.70. The van der Waals surface area contributed by atoms with Crippen molar-refractivity contribution < 1.29 is 44.2 Å². The van der Waals surface area contributed by atoms with E-state index < -0.39 is 60.7 Å². The minimum absolute atomic E-state index is 0.143. The Kier molecular flexibility index (Phi) is 5.35. The maximum Gasteiger partial charge on any atom is 0.336 e. The van der Waals surface area contributed by atoms with E-state index in [1.54, 1.807) is 32.0 Å². The lowest BCUT2D eigenvalue weighted by Gasteiger charge is -2.45. The zero-order valence-corrected chi connectivity index (χ0v) is 16.3. The second kappa shape index (κ2) is 7.57. The lowest BCUT2D eigenvalue weighted by Crippen LogP contribution is -2.60. The molecule has 7 atom stereocenters. The average molecular weight is 424 g/mol. The molecule has 0 unspecified atom stereocenters. The van der Waals surface area contributed by atoms with E-state index in [2.05, 4.69) is 0 Å². The molecule has 1 saturated heterocycles. The highest BCUT2D eigenvalue weighted by Crippen LogP contribution is 2.46. The molecule has 2 aliphatic heterocycles. The van der Waals surface area contributed by atoms with Crippen molar-refractivity contribution in [2.45, 2.75) is 62.4 Å². The monoisotopic (exact) mass is 424 g/mol. The summed E-state index contributed by atoms with van der Waals surface area (Å²) in [5.41, 5.74) is -1.34. The van der Waals surface area contributed by atoms with Crippen LogP contribution < -0.4 is 10.4 Å². The minimum Gasteiger partial charge on any atom is -0.485 e. The first-order valence-electron chi connectivity index (χ1n) is 9.54. The van der Waals surface area contributed by atoms with Crippen LogP contribution in [0.2, 0.25) is 0 Å². The Labute approximate surface area is 170 Å². The molecule has 1 aromatic carbocycles. The summed E-state index contributed by atoms with van der Waals surface area (Å²) in [4.78, 5) is 11.8. The summed E-state index contributed by atoms with van der Waals surface area (Å²) in [7, 11) is 0. The standard InChI is InChI=1S/C20H24O10/c1-20(2)18(26)17(29-19-15(25)14(24)13(23)10(7-21)27-19)12-9(30-20)5-3-8-4-6-11(22)28-16(8)12/h3-6,10,13-15,17-19,21,23-26H,7H2,1-2H3/t10-,13-,14+,15-,17-,18+,19+/m1/s1. The molecule has 0 bridgehead atoms. The van der Waals surface area contributed by atoms with Gasteiger partial charge in [0.1, 0.15) is 53.6 Å². The van der Waals surface area contributed by atoms with E-state index in [1.165, 1.54) is 6.07 Å². The number of fused-ring (bicyclic) bond motifs is 3. The topological polar surface area (TPSA) is 159 Å². The molecule has 0 aliphatic carbocycles. The van der Waals surface area contributed by atoms with E-state index >= 15 is 0 Å². The smallest absolute Gasteiger partial charge is 0.336 e. The van der Waals surface area contributed by atoms with E-state index in [9.17, 15) is 30.3 Å². The van der Waals surface area contributed by atoms with Gasteiger partial charge in [-0.1, -0.05) is 0 Å². The van der Waals surface area contributed by atoms with Gasteiger partial charge in [0.15, 0.2) is 6.29 Å². The van der Waals surface area contributed by atoms with E-state index in [0.29, 0.717) is 11.1 Å². The normalized spacial score (nSPS) is 35.6. The van der Waals surface area contributed by atoms with E-state index in [4.69, 9.17) is 18.6 Å². The lowest BCUT2D eigenvalue weighted by molar-refractivity contribution is -0.324. The predicted molar refractivity (Wildman–Crippen MR) is 101 cm³/mol. The number of aliphatic hydroxyl groups is 5. The third-order valence-electron chi connectivity index (χ3n) is 5.57. The number of ether oxygens (including phenoxy) is 3. The molecule has 10 nitrogen and oxygen atoms in total. The van der Waals surface area contributed by atoms with Crippen LogP contribution in [0.15, 0.2) is 33.5 Å². The van der Waals surface area contributed by atoms with Crippen LogP contribution in [0.5, 0.6) is 5.75 Å². The van der Waals surface area contributed by atoms with Crippen molar-refractivity contribution in [3.8, 4) is 5.75 Å². The fourth-order valence-corrected chi connectivity index (χ4v) is 3.83. The molecule has 0 radical (unpaired) electrons. The second-order valence-corrected chi connectivity index (χ2v) is 8.05. The number of rotatable bonds is 3. The summed E-state index contributed by atoms with van der Waals surface area (Å²) in [6.45, 7) is 2.65. The molecule has 4 rings (SSSR count). The fraction of sp³-hybridized carbons (Fsp3) is 0.550. The van der Waals surface area contributed by atoms with Crippen LogP contribution in [0.25, 0.3) is 11.0 Å². The maximum absolute atomic E-state index is 11.8. The third kappa shape index (κ3) is 3.40. The lowest BCUT2D eigenvalue weighted by atomic mass is 9.87. The number of hydrogen-bond acceptors (Lipinski definition) is 10.